The lowest BCUT2D eigenvalue weighted by Gasteiger charge is -1.98. The SMILES string of the molecule is O=C1Nc2ccc(Cl)cc2/C1=C/c1ccsc1. The number of carbonyl (C=O) groups is 1. The Balaban J connectivity index is 2.13. The minimum Gasteiger partial charge on any atom is -0.321 e. The van der Waals surface area contributed by atoms with Crippen LogP contribution in [0, 0.1) is 0 Å². The van der Waals surface area contributed by atoms with Crippen molar-refractivity contribution in [2.75, 3.05) is 5.32 Å². The van der Waals surface area contributed by atoms with Gasteiger partial charge in [-0.15, -0.1) is 0 Å². The zero-order valence-electron chi connectivity index (χ0n) is 8.74. The highest BCUT2D eigenvalue weighted by Crippen LogP contribution is 2.35. The Kier molecular flexibility index (Phi) is 2.50. The van der Waals surface area contributed by atoms with Crippen molar-refractivity contribution in [2.45, 2.75) is 0 Å². The van der Waals surface area contributed by atoms with Crippen LogP contribution in [0.4, 0.5) is 5.69 Å². The Bertz CT molecular complexity index is 616. The zero-order chi connectivity index (χ0) is 11.8. The lowest BCUT2D eigenvalue weighted by atomic mass is 10.1. The Morgan fingerprint density at radius 3 is 2.94 bits per heavy atom. The highest BCUT2D eigenvalue weighted by molar-refractivity contribution is 7.08. The van der Waals surface area contributed by atoms with Crippen LogP contribution in [0.1, 0.15) is 11.1 Å². The van der Waals surface area contributed by atoms with E-state index in [0.717, 1.165) is 16.8 Å². The molecule has 0 aliphatic carbocycles. The molecule has 0 unspecified atom stereocenters. The second-order valence-corrected chi connectivity index (χ2v) is 4.98. The predicted octanol–water partition coefficient (Wildman–Crippen LogP) is 3.89. The predicted molar refractivity (Wildman–Crippen MR) is 72.3 cm³/mol. The van der Waals surface area contributed by atoms with Crippen LogP contribution < -0.4 is 5.32 Å². The second-order valence-electron chi connectivity index (χ2n) is 3.76. The van der Waals surface area contributed by atoms with Crippen molar-refractivity contribution in [3.05, 3.63) is 51.2 Å². The van der Waals surface area contributed by atoms with Gasteiger partial charge < -0.3 is 5.32 Å². The molecule has 0 saturated heterocycles. The molecular weight excluding hydrogens is 254 g/mol. The number of benzene rings is 1. The minimum atomic E-state index is -0.0755. The Hall–Kier alpha value is -1.58. The Labute approximate surface area is 108 Å². The quantitative estimate of drug-likeness (QED) is 0.775. The summed E-state index contributed by atoms with van der Waals surface area (Å²) in [7, 11) is 0. The minimum absolute atomic E-state index is 0.0755. The number of nitrogens with one attached hydrogen (secondary N) is 1. The van der Waals surface area contributed by atoms with Gasteiger partial charge in [-0.2, -0.15) is 11.3 Å². The van der Waals surface area contributed by atoms with Crippen LogP contribution >= 0.6 is 22.9 Å². The summed E-state index contributed by atoms with van der Waals surface area (Å²) in [6.45, 7) is 0. The number of fused-ring (bicyclic) bond motifs is 1. The number of hydrogen-bond acceptors (Lipinski definition) is 2. The van der Waals surface area contributed by atoms with Crippen LogP contribution in [0.25, 0.3) is 11.6 Å². The monoisotopic (exact) mass is 261 g/mol. The summed E-state index contributed by atoms with van der Waals surface area (Å²) in [5.41, 5.74) is 3.39. The van der Waals surface area contributed by atoms with Crippen LogP contribution in [0.5, 0.6) is 0 Å². The molecule has 3 rings (SSSR count). The first kappa shape index (κ1) is 10.6. The van der Waals surface area contributed by atoms with Crippen LogP contribution in [0.15, 0.2) is 35.0 Å². The number of hydrogen-bond donors (Lipinski definition) is 1. The molecule has 84 valence electrons. The molecule has 17 heavy (non-hydrogen) atoms. The van der Waals surface area contributed by atoms with E-state index in [2.05, 4.69) is 5.32 Å². The normalized spacial score (nSPS) is 16.1. The summed E-state index contributed by atoms with van der Waals surface area (Å²) >= 11 is 7.56. The Morgan fingerprint density at radius 2 is 2.18 bits per heavy atom. The van der Waals surface area contributed by atoms with E-state index in [1.54, 1.807) is 17.4 Å². The number of halogens is 1. The lowest BCUT2D eigenvalue weighted by Crippen LogP contribution is -2.03. The van der Waals surface area contributed by atoms with E-state index in [1.807, 2.05) is 35.0 Å². The maximum atomic E-state index is 11.8. The third kappa shape index (κ3) is 1.88. The molecule has 1 aromatic heterocycles. The van der Waals surface area contributed by atoms with Crippen molar-refractivity contribution in [1.29, 1.82) is 0 Å². The van der Waals surface area contributed by atoms with Crippen molar-refractivity contribution >= 4 is 46.2 Å². The first-order valence-electron chi connectivity index (χ1n) is 5.09. The van der Waals surface area contributed by atoms with Gasteiger partial charge in [0.05, 0.1) is 0 Å². The second kappa shape index (κ2) is 4.02. The van der Waals surface area contributed by atoms with Gasteiger partial charge in [0.25, 0.3) is 5.91 Å². The summed E-state index contributed by atoms with van der Waals surface area (Å²) < 4.78 is 0. The van der Waals surface area contributed by atoms with Crippen LogP contribution in [0.2, 0.25) is 5.02 Å². The van der Waals surface area contributed by atoms with E-state index >= 15 is 0 Å². The van der Waals surface area contributed by atoms with Crippen LogP contribution in [-0.4, -0.2) is 5.91 Å². The summed E-state index contributed by atoms with van der Waals surface area (Å²) in [5, 5.41) is 7.45. The fourth-order valence-electron chi connectivity index (χ4n) is 1.83. The van der Waals surface area contributed by atoms with Gasteiger partial charge >= 0.3 is 0 Å². The molecular formula is C13H8ClNOS. The van der Waals surface area contributed by atoms with Crippen LogP contribution in [-0.2, 0) is 4.79 Å². The van der Waals surface area contributed by atoms with E-state index in [0.29, 0.717) is 10.6 Å². The van der Waals surface area contributed by atoms with Crippen molar-refractivity contribution in [1.82, 2.24) is 0 Å². The summed E-state index contributed by atoms with van der Waals surface area (Å²) in [6.07, 6.45) is 1.88. The fourth-order valence-corrected chi connectivity index (χ4v) is 2.62. The number of amides is 1. The molecule has 4 heteroatoms. The van der Waals surface area contributed by atoms with E-state index < -0.39 is 0 Å². The number of anilines is 1. The molecule has 0 bridgehead atoms. The summed E-state index contributed by atoms with van der Waals surface area (Å²) in [5.74, 6) is -0.0755. The topological polar surface area (TPSA) is 29.1 Å². The molecule has 0 fully saturated rings. The molecule has 2 aromatic rings. The van der Waals surface area contributed by atoms with Crippen LogP contribution in [0.3, 0.4) is 0 Å². The molecule has 0 spiro atoms. The molecule has 2 nitrogen and oxygen atoms in total. The van der Waals surface area contributed by atoms with Crippen molar-refractivity contribution in [2.24, 2.45) is 0 Å². The molecule has 1 aliphatic rings. The first-order chi connectivity index (χ1) is 8.24. The average Bonchev–Trinajstić information content (AvgIpc) is 2.90. The van der Waals surface area contributed by atoms with E-state index in [4.69, 9.17) is 11.6 Å². The van der Waals surface area contributed by atoms with Crippen molar-refractivity contribution < 1.29 is 4.79 Å². The van der Waals surface area contributed by atoms with Gasteiger partial charge in [0, 0.05) is 21.8 Å². The van der Waals surface area contributed by atoms with Gasteiger partial charge in [-0.25, -0.2) is 0 Å². The fraction of sp³-hybridized carbons (Fsp3) is 0. The maximum Gasteiger partial charge on any atom is 0.256 e. The number of thiophene rings is 1. The molecule has 0 atom stereocenters. The molecule has 1 N–H and O–H groups in total. The van der Waals surface area contributed by atoms with Gasteiger partial charge in [-0.1, -0.05) is 11.6 Å². The molecule has 1 aliphatic heterocycles. The third-order valence-electron chi connectivity index (χ3n) is 2.62. The average molecular weight is 262 g/mol. The zero-order valence-corrected chi connectivity index (χ0v) is 10.3. The smallest absolute Gasteiger partial charge is 0.256 e. The third-order valence-corrected chi connectivity index (χ3v) is 3.56. The van der Waals surface area contributed by atoms with E-state index in [1.165, 1.54) is 0 Å². The van der Waals surface area contributed by atoms with Gasteiger partial charge in [0.1, 0.15) is 0 Å². The lowest BCUT2D eigenvalue weighted by molar-refractivity contribution is -0.110. The summed E-state index contributed by atoms with van der Waals surface area (Å²) in [6, 6.07) is 7.39. The number of rotatable bonds is 1. The highest BCUT2D eigenvalue weighted by atomic mass is 35.5. The maximum absolute atomic E-state index is 11.8. The summed E-state index contributed by atoms with van der Waals surface area (Å²) in [4.78, 5) is 11.8. The van der Waals surface area contributed by atoms with E-state index in [9.17, 15) is 4.79 Å². The van der Waals surface area contributed by atoms with Gasteiger partial charge in [0.15, 0.2) is 0 Å². The number of carbonyl (C=O) groups excluding carboxylic acids is 1. The van der Waals surface area contributed by atoms with Gasteiger partial charge in [-0.05, 0) is 46.7 Å². The van der Waals surface area contributed by atoms with Crippen molar-refractivity contribution in [3.8, 4) is 0 Å². The van der Waals surface area contributed by atoms with Gasteiger partial charge in [-0.3, -0.25) is 4.79 Å². The first-order valence-corrected chi connectivity index (χ1v) is 6.41. The Morgan fingerprint density at radius 1 is 1.29 bits per heavy atom. The standard InChI is InChI=1S/C13H8ClNOS/c14-9-1-2-12-10(6-9)11(13(16)15-12)5-8-3-4-17-7-8/h1-7H,(H,15,16)/b11-5-. The van der Waals surface area contributed by atoms with Crippen molar-refractivity contribution in [3.63, 3.8) is 0 Å². The molecule has 0 radical (unpaired) electrons. The molecule has 1 amide bonds. The largest absolute Gasteiger partial charge is 0.321 e. The highest BCUT2D eigenvalue weighted by Gasteiger charge is 2.23. The molecule has 2 heterocycles. The van der Waals surface area contributed by atoms with E-state index in [-0.39, 0.29) is 5.91 Å². The molecule has 0 saturated carbocycles. The van der Waals surface area contributed by atoms with Gasteiger partial charge in [0.2, 0.25) is 0 Å². The molecule has 1 aromatic carbocycles.